The molecule has 5 rings (SSSR count). The topological polar surface area (TPSA) is 9.23 Å². The fourth-order valence-corrected chi connectivity index (χ4v) is 6.82. The van der Waals surface area contributed by atoms with Gasteiger partial charge in [0.25, 0.3) is 0 Å². The van der Waals surface area contributed by atoms with E-state index in [4.69, 9.17) is 4.74 Å². The summed E-state index contributed by atoms with van der Waals surface area (Å²) in [5.74, 6) is 1.13. The van der Waals surface area contributed by atoms with Crippen LogP contribution in [0.5, 0.6) is 0 Å². The van der Waals surface area contributed by atoms with Gasteiger partial charge in [-0.3, -0.25) is 0 Å². The molecule has 2 unspecified atom stereocenters. The molecular weight excluding hydrogens is 420 g/mol. The van der Waals surface area contributed by atoms with Crippen molar-refractivity contribution < 1.29 is 4.74 Å². The molecule has 0 spiro atoms. The van der Waals surface area contributed by atoms with Gasteiger partial charge in [-0.2, -0.15) is 0 Å². The third-order valence-electron chi connectivity index (χ3n) is 6.91. The summed E-state index contributed by atoms with van der Waals surface area (Å²) < 4.78 is 6.61. The van der Waals surface area contributed by atoms with Crippen LogP contribution < -0.4 is 0 Å². The molecule has 1 aliphatic rings. The van der Waals surface area contributed by atoms with Crippen molar-refractivity contribution in [2.75, 3.05) is 12.4 Å². The van der Waals surface area contributed by atoms with Crippen LogP contribution in [0.2, 0.25) is 0 Å². The van der Waals surface area contributed by atoms with Crippen LogP contribution >= 0.6 is 11.8 Å². The molecule has 2 heteroatoms. The Morgan fingerprint density at radius 1 is 0.727 bits per heavy atom. The fourth-order valence-electron chi connectivity index (χ4n) is 5.57. The van der Waals surface area contributed by atoms with E-state index in [0.29, 0.717) is 0 Å². The van der Waals surface area contributed by atoms with E-state index in [1.165, 1.54) is 22.3 Å². The molecule has 0 aromatic heterocycles. The molecule has 1 aliphatic heterocycles. The van der Waals surface area contributed by atoms with Gasteiger partial charge in [0.1, 0.15) is 4.93 Å². The quantitative estimate of drug-likeness (QED) is 0.289. The molecule has 1 saturated heterocycles. The zero-order chi connectivity index (χ0) is 22.6. The summed E-state index contributed by atoms with van der Waals surface area (Å²) >= 11 is 1.95. The molecular formula is C31H30OS. The molecule has 0 N–H and O–H groups in total. The Balaban J connectivity index is 1.84. The smallest absolute Gasteiger partial charge is 0.119 e. The van der Waals surface area contributed by atoms with E-state index >= 15 is 0 Å². The first-order chi connectivity index (χ1) is 16.2. The summed E-state index contributed by atoms with van der Waals surface area (Å²) in [6.45, 7) is 3.09. The van der Waals surface area contributed by atoms with E-state index in [2.05, 4.69) is 128 Å². The summed E-state index contributed by atoms with van der Waals surface area (Å²) in [7, 11) is 0. The minimum Gasteiger partial charge on any atom is -0.363 e. The van der Waals surface area contributed by atoms with Crippen molar-refractivity contribution in [3.8, 4) is 0 Å². The van der Waals surface area contributed by atoms with Crippen molar-refractivity contribution in [3.63, 3.8) is 0 Å². The number of benzene rings is 4. The van der Waals surface area contributed by atoms with Crippen LogP contribution in [0.4, 0.5) is 0 Å². The summed E-state index contributed by atoms with van der Waals surface area (Å²) in [6, 6.07) is 44.0. The normalized spacial score (nSPS) is 19.3. The molecule has 33 heavy (non-hydrogen) atoms. The zero-order valence-electron chi connectivity index (χ0n) is 19.1. The van der Waals surface area contributed by atoms with Gasteiger partial charge < -0.3 is 4.74 Å². The molecule has 4 aromatic rings. The third kappa shape index (κ3) is 4.26. The molecule has 1 nitrogen and oxygen atoms in total. The molecule has 2 atom stereocenters. The predicted octanol–water partition coefficient (Wildman–Crippen LogP) is 7.48. The first kappa shape index (κ1) is 22.0. The summed E-state index contributed by atoms with van der Waals surface area (Å²) in [4.78, 5) is -0.345. The van der Waals surface area contributed by atoms with Gasteiger partial charge in [0.05, 0.1) is 6.61 Å². The Morgan fingerprint density at radius 3 is 1.70 bits per heavy atom. The highest BCUT2D eigenvalue weighted by atomic mass is 32.2. The van der Waals surface area contributed by atoms with Crippen molar-refractivity contribution in [2.24, 2.45) is 0 Å². The fraction of sp³-hybridized carbons (Fsp3) is 0.226. The van der Waals surface area contributed by atoms with E-state index in [0.717, 1.165) is 18.8 Å². The Morgan fingerprint density at radius 2 is 1.21 bits per heavy atom. The van der Waals surface area contributed by atoms with Crippen LogP contribution in [0.15, 0.2) is 121 Å². The molecule has 1 heterocycles. The van der Waals surface area contributed by atoms with Gasteiger partial charge in [0.2, 0.25) is 0 Å². The SMILES string of the molecule is CC1(C(c2ccccc2)C(Cc2ccccc2)(c2ccccc2)c2ccccc2)OCCS1. The van der Waals surface area contributed by atoms with Crippen LogP contribution in [0.1, 0.15) is 35.1 Å². The first-order valence-corrected chi connectivity index (χ1v) is 12.7. The number of rotatable bonds is 7. The lowest BCUT2D eigenvalue weighted by Gasteiger charge is -2.49. The minimum atomic E-state index is -0.345. The highest BCUT2D eigenvalue weighted by Crippen LogP contribution is 2.57. The Labute approximate surface area is 201 Å². The average Bonchev–Trinajstić information content (AvgIpc) is 3.32. The summed E-state index contributed by atoms with van der Waals surface area (Å²) in [6.07, 6.45) is 0.890. The molecule has 0 aliphatic carbocycles. The average molecular weight is 451 g/mol. The number of ether oxygens (including phenoxy) is 1. The van der Waals surface area contributed by atoms with Crippen molar-refractivity contribution in [2.45, 2.75) is 29.6 Å². The highest BCUT2D eigenvalue weighted by Gasteiger charge is 2.53. The third-order valence-corrected chi connectivity index (χ3v) is 8.21. The molecule has 0 saturated carbocycles. The van der Waals surface area contributed by atoms with Gasteiger partial charge in [-0.1, -0.05) is 121 Å². The van der Waals surface area contributed by atoms with E-state index in [-0.39, 0.29) is 16.3 Å². The van der Waals surface area contributed by atoms with E-state index in [9.17, 15) is 0 Å². The van der Waals surface area contributed by atoms with Crippen molar-refractivity contribution in [3.05, 3.63) is 144 Å². The maximum Gasteiger partial charge on any atom is 0.119 e. The van der Waals surface area contributed by atoms with Crippen LogP contribution in [-0.4, -0.2) is 17.3 Å². The van der Waals surface area contributed by atoms with Gasteiger partial charge >= 0.3 is 0 Å². The monoisotopic (exact) mass is 450 g/mol. The van der Waals surface area contributed by atoms with Gasteiger partial charge in [-0.25, -0.2) is 0 Å². The molecule has 0 radical (unpaired) electrons. The van der Waals surface area contributed by atoms with Crippen LogP contribution in [0.3, 0.4) is 0 Å². The summed E-state index contributed by atoms with van der Waals surface area (Å²) in [5, 5.41) is 0. The molecule has 0 bridgehead atoms. The van der Waals surface area contributed by atoms with Gasteiger partial charge in [0, 0.05) is 17.1 Å². The standard InChI is InChI=1S/C31H30OS/c1-30(32-22-23-33-30)29(26-16-8-3-9-17-26)31(27-18-10-4-11-19-27,28-20-12-5-13-21-28)24-25-14-6-2-7-15-25/h2-21,29H,22-24H2,1H3. The first-order valence-electron chi connectivity index (χ1n) is 11.7. The lowest BCUT2D eigenvalue weighted by atomic mass is 9.59. The van der Waals surface area contributed by atoms with Crippen molar-refractivity contribution in [1.82, 2.24) is 0 Å². The lowest BCUT2D eigenvalue weighted by molar-refractivity contribution is 0.0255. The van der Waals surface area contributed by atoms with E-state index < -0.39 is 0 Å². The second-order valence-corrected chi connectivity index (χ2v) is 10.4. The second kappa shape index (κ2) is 9.59. The predicted molar refractivity (Wildman–Crippen MR) is 140 cm³/mol. The number of hydrogen-bond acceptors (Lipinski definition) is 2. The summed E-state index contributed by atoms with van der Waals surface area (Å²) in [5.41, 5.74) is 4.99. The van der Waals surface area contributed by atoms with Crippen molar-refractivity contribution in [1.29, 1.82) is 0 Å². The highest BCUT2D eigenvalue weighted by molar-refractivity contribution is 8.00. The second-order valence-electron chi connectivity index (χ2n) is 8.92. The van der Waals surface area contributed by atoms with E-state index in [1.54, 1.807) is 0 Å². The number of hydrogen-bond donors (Lipinski definition) is 0. The van der Waals surface area contributed by atoms with Gasteiger partial charge in [0.15, 0.2) is 0 Å². The van der Waals surface area contributed by atoms with Crippen LogP contribution in [0, 0.1) is 0 Å². The van der Waals surface area contributed by atoms with Crippen LogP contribution in [0.25, 0.3) is 0 Å². The number of thioether (sulfide) groups is 1. The molecule has 0 amide bonds. The minimum absolute atomic E-state index is 0.115. The van der Waals surface area contributed by atoms with Gasteiger partial charge in [-0.05, 0) is 35.6 Å². The lowest BCUT2D eigenvalue weighted by Crippen LogP contribution is -2.47. The van der Waals surface area contributed by atoms with E-state index in [1.807, 2.05) is 11.8 Å². The van der Waals surface area contributed by atoms with Gasteiger partial charge in [-0.15, -0.1) is 11.8 Å². The molecule has 1 fully saturated rings. The maximum absolute atomic E-state index is 6.61. The maximum atomic E-state index is 6.61. The molecule has 4 aromatic carbocycles. The Hall–Kier alpha value is -2.81. The molecule has 166 valence electrons. The largest absolute Gasteiger partial charge is 0.363 e. The van der Waals surface area contributed by atoms with Crippen LogP contribution in [-0.2, 0) is 16.6 Å². The Bertz CT molecular complexity index is 1100. The van der Waals surface area contributed by atoms with Crippen molar-refractivity contribution >= 4 is 11.8 Å². The zero-order valence-corrected chi connectivity index (χ0v) is 19.9. The Kier molecular flexibility index (Phi) is 6.39.